The van der Waals surface area contributed by atoms with Gasteiger partial charge in [0.25, 0.3) is 0 Å². The van der Waals surface area contributed by atoms with E-state index in [2.05, 4.69) is 20.9 Å². The van der Waals surface area contributed by atoms with Gasteiger partial charge in [0.15, 0.2) is 0 Å². The van der Waals surface area contributed by atoms with Crippen molar-refractivity contribution in [2.45, 2.75) is 26.4 Å². The molecule has 0 atom stereocenters. The number of pyridine rings is 1. The van der Waals surface area contributed by atoms with Crippen LogP contribution in [0.4, 0.5) is 4.39 Å². The fourth-order valence-corrected chi connectivity index (χ4v) is 1.33. The molecule has 0 aliphatic carbocycles. The number of aromatic nitrogens is 1. The van der Waals surface area contributed by atoms with Gasteiger partial charge in [-0.25, -0.2) is 9.18 Å². The van der Waals surface area contributed by atoms with Gasteiger partial charge >= 0.3 is 5.97 Å². The number of carbonyl (C=O) groups excluding carboxylic acids is 1. The Morgan fingerprint density at radius 1 is 1.53 bits per heavy atom. The first kappa shape index (κ1) is 13.8. The zero-order valence-electron chi connectivity index (χ0n) is 9.83. The summed E-state index contributed by atoms with van der Waals surface area (Å²) in [5.41, 5.74) is -0.466. The molecule has 0 fully saturated rings. The topological polar surface area (TPSA) is 39.2 Å². The lowest BCUT2D eigenvalue weighted by atomic mass is 10.2. The molecule has 0 amide bonds. The van der Waals surface area contributed by atoms with E-state index in [-0.39, 0.29) is 5.69 Å². The molecule has 0 aromatic carbocycles. The van der Waals surface area contributed by atoms with Gasteiger partial charge < -0.3 is 4.74 Å². The van der Waals surface area contributed by atoms with Crippen LogP contribution in [0.5, 0.6) is 0 Å². The van der Waals surface area contributed by atoms with Crippen LogP contribution < -0.4 is 0 Å². The summed E-state index contributed by atoms with van der Waals surface area (Å²) in [4.78, 5) is 15.2. The lowest BCUT2D eigenvalue weighted by Crippen LogP contribution is -2.22. The minimum Gasteiger partial charge on any atom is -0.457 e. The summed E-state index contributed by atoms with van der Waals surface area (Å²) in [5.74, 6) is -1.03. The molecule has 1 rings (SSSR count). The molecule has 1 aromatic heterocycles. The van der Waals surface area contributed by atoms with E-state index in [0.29, 0.717) is 4.47 Å². The van der Waals surface area contributed by atoms with Crippen LogP contribution in [0.25, 0.3) is 6.08 Å². The standard InChI is InChI=1S/C12H13BrFNO2/c1-12(2,3)17-11(16)5-4-10-9(14)6-8(13)7-15-10/h4-7H,1-3H3/b5-4+. The van der Waals surface area contributed by atoms with E-state index in [1.165, 1.54) is 18.3 Å². The molecule has 17 heavy (non-hydrogen) atoms. The van der Waals surface area contributed by atoms with Crippen LogP contribution in [0, 0.1) is 5.82 Å². The molecule has 0 N–H and O–H groups in total. The van der Waals surface area contributed by atoms with Crippen molar-refractivity contribution < 1.29 is 13.9 Å². The van der Waals surface area contributed by atoms with Crippen molar-refractivity contribution in [1.82, 2.24) is 4.98 Å². The van der Waals surface area contributed by atoms with Crippen molar-refractivity contribution in [3.63, 3.8) is 0 Å². The third-order valence-electron chi connectivity index (χ3n) is 1.62. The predicted octanol–water partition coefficient (Wildman–Crippen LogP) is 3.34. The maximum Gasteiger partial charge on any atom is 0.331 e. The van der Waals surface area contributed by atoms with E-state index in [0.717, 1.165) is 6.08 Å². The molecule has 0 spiro atoms. The number of ether oxygens (including phenoxy) is 1. The Balaban J connectivity index is 2.74. The van der Waals surface area contributed by atoms with Crippen LogP contribution in [-0.4, -0.2) is 16.6 Å². The van der Waals surface area contributed by atoms with Crippen molar-refractivity contribution in [3.05, 3.63) is 34.3 Å². The number of rotatable bonds is 2. The first-order chi connectivity index (χ1) is 7.78. The van der Waals surface area contributed by atoms with E-state index < -0.39 is 17.4 Å². The van der Waals surface area contributed by atoms with Crippen molar-refractivity contribution in [2.75, 3.05) is 0 Å². The van der Waals surface area contributed by atoms with Crippen molar-refractivity contribution in [3.8, 4) is 0 Å². The molecule has 5 heteroatoms. The van der Waals surface area contributed by atoms with Gasteiger partial charge in [-0.05, 0) is 48.8 Å². The second-order valence-corrected chi connectivity index (χ2v) is 5.30. The van der Waals surface area contributed by atoms with Gasteiger partial charge in [-0.1, -0.05) is 0 Å². The quantitative estimate of drug-likeness (QED) is 0.621. The van der Waals surface area contributed by atoms with Crippen molar-refractivity contribution in [2.24, 2.45) is 0 Å². The highest BCUT2D eigenvalue weighted by atomic mass is 79.9. The molecule has 92 valence electrons. The highest BCUT2D eigenvalue weighted by Gasteiger charge is 2.14. The summed E-state index contributed by atoms with van der Waals surface area (Å²) in [5, 5.41) is 0. The van der Waals surface area contributed by atoms with Gasteiger partial charge in [0.2, 0.25) is 0 Å². The Hall–Kier alpha value is -1.23. The van der Waals surface area contributed by atoms with E-state index in [9.17, 15) is 9.18 Å². The molecular weight excluding hydrogens is 289 g/mol. The van der Waals surface area contributed by atoms with E-state index in [1.54, 1.807) is 20.8 Å². The van der Waals surface area contributed by atoms with Gasteiger partial charge in [-0.15, -0.1) is 0 Å². The minimum absolute atomic E-state index is 0.0964. The second kappa shape index (κ2) is 5.40. The Labute approximate surface area is 108 Å². The molecule has 0 bridgehead atoms. The lowest BCUT2D eigenvalue weighted by molar-refractivity contribution is -0.148. The summed E-state index contributed by atoms with van der Waals surface area (Å²) in [7, 11) is 0. The number of hydrogen-bond acceptors (Lipinski definition) is 3. The molecule has 0 unspecified atom stereocenters. The summed E-state index contributed by atoms with van der Waals surface area (Å²) in [6, 6.07) is 1.28. The summed E-state index contributed by atoms with van der Waals surface area (Å²) in [6.45, 7) is 5.28. The number of halogens is 2. The monoisotopic (exact) mass is 301 g/mol. The fraction of sp³-hybridized carbons (Fsp3) is 0.333. The summed E-state index contributed by atoms with van der Waals surface area (Å²) < 4.78 is 18.9. The Bertz CT molecular complexity index is 452. The fourth-order valence-electron chi connectivity index (χ4n) is 1.03. The molecule has 1 heterocycles. The first-order valence-electron chi connectivity index (χ1n) is 5.00. The molecule has 3 nitrogen and oxygen atoms in total. The van der Waals surface area contributed by atoms with Crippen LogP contribution >= 0.6 is 15.9 Å². The zero-order valence-corrected chi connectivity index (χ0v) is 11.4. The number of hydrogen-bond donors (Lipinski definition) is 0. The molecule has 1 aromatic rings. The Morgan fingerprint density at radius 2 is 2.18 bits per heavy atom. The maximum atomic E-state index is 13.3. The highest BCUT2D eigenvalue weighted by Crippen LogP contribution is 2.14. The summed E-state index contributed by atoms with van der Waals surface area (Å²) >= 11 is 3.10. The van der Waals surface area contributed by atoms with E-state index >= 15 is 0 Å². The van der Waals surface area contributed by atoms with Crippen LogP contribution in [0.3, 0.4) is 0 Å². The largest absolute Gasteiger partial charge is 0.457 e. The minimum atomic E-state index is -0.562. The number of esters is 1. The molecule has 0 aliphatic heterocycles. The van der Waals surface area contributed by atoms with Gasteiger partial charge in [-0.3, -0.25) is 4.98 Å². The average Bonchev–Trinajstić information content (AvgIpc) is 2.13. The lowest BCUT2D eigenvalue weighted by Gasteiger charge is -2.17. The number of carbonyl (C=O) groups is 1. The first-order valence-corrected chi connectivity index (χ1v) is 5.79. The Morgan fingerprint density at radius 3 is 2.71 bits per heavy atom. The van der Waals surface area contributed by atoms with Crippen LogP contribution in [0.15, 0.2) is 22.8 Å². The van der Waals surface area contributed by atoms with Crippen LogP contribution in [0.2, 0.25) is 0 Å². The predicted molar refractivity (Wildman–Crippen MR) is 66.8 cm³/mol. The summed E-state index contributed by atoms with van der Waals surface area (Å²) in [6.07, 6.45) is 3.90. The number of nitrogens with zero attached hydrogens (tertiary/aromatic N) is 1. The van der Waals surface area contributed by atoms with E-state index in [4.69, 9.17) is 4.74 Å². The van der Waals surface area contributed by atoms with Gasteiger partial charge in [0.1, 0.15) is 11.4 Å². The normalized spacial score (nSPS) is 11.8. The van der Waals surface area contributed by atoms with Gasteiger partial charge in [0, 0.05) is 16.7 Å². The molecule has 0 radical (unpaired) electrons. The van der Waals surface area contributed by atoms with Crippen molar-refractivity contribution in [1.29, 1.82) is 0 Å². The third kappa shape index (κ3) is 5.08. The smallest absolute Gasteiger partial charge is 0.331 e. The van der Waals surface area contributed by atoms with Crippen molar-refractivity contribution >= 4 is 28.0 Å². The third-order valence-corrected chi connectivity index (χ3v) is 2.05. The molecule has 0 saturated heterocycles. The van der Waals surface area contributed by atoms with Crippen LogP contribution in [0.1, 0.15) is 26.5 Å². The maximum absolute atomic E-state index is 13.3. The van der Waals surface area contributed by atoms with E-state index in [1.807, 2.05) is 0 Å². The molecular formula is C12H13BrFNO2. The van der Waals surface area contributed by atoms with Gasteiger partial charge in [-0.2, -0.15) is 0 Å². The van der Waals surface area contributed by atoms with Gasteiger partial charge in [0.05, 0.1) is 5.69 Å². The van der Waals surface area contributed by atoms with Crippen LogP contribution in [-0.2, 0) is 9.53 Å². The molecule has 0 saturated carbocycles. The average molecular weight is 302 g/mol. The molecule has 0 aliphatic rings. The Kier molecular flexibility index (Phi) is 4.40. The zero-order chi connectivity index (χ0) is 13.1. The highest BCUT2D eigenvalue weighted by molar-refractivity contribution is 9.10. The SMILES string of the molecule is CC(C)(C)OC(=O)/C=C/c1ncc(Br)cc1F. The second-order valence-electron chi connectivity index (χ2n) is 4.39.